The van der Waals surface area contributed by atoms with Gasteiger partial charge in [-0.3, -0.25) is 9.69 Å². The van der Waals surface area contributed by atoms with E-state index in [1.807, 2.05) is 41.5 Å². The SMILES string of the molecule is C=C/C=C(\C=C)C(=O)N1CCC2(CC1)/C1=C/[C@H](C)C/C(COC)=C(/C=C(\C=C)OC)CN1C(=O)N2CC.CC. The average Bonchev–Trinajstić information content (AvgIpc) is 3.14. The minimum atomic E-state index is -0.441. The van der Waals surface area contributed by atoms with Gasteiger partial charge in [-0.05, 0) is 55.4 Å². The first kappa shape index (κ1) is 31.9. The number of nitrogens with zero attached hydrogens (tertiary/aromatic N) is 3. The Morgan fingerprint density at radius 3 is 2.33 bits per heavy atom. The lowest BCUT2D eigenvalue weighted by molar-refractivity contribution is -0.128. The molecule has 0 aromatic heterocycles. The number of amides is 3. The Kier molecular flexibility index (Phi) is 12.0. The van der Waals surface area contributed by atoms with Gasteiger partial charge >= 0.3 is 6.03 Å². The standard InChI is InChI=1S/C30H41N3O4.C2H6/c1-8-12-23(9-2)28(34)31-15-13-30(14-16-31)27-18-22(5)17-25(21-36-6)24(19-26(10-3)37-7)20-32(27)29(35)33(30)11-4;1-2/h8-10,12,18-19,22H,1-3,11,13-17,20-21H2,4-7H3;1-2H3/b23-12+,25-24+,26-19+,27-18-;/t22-;/m1./s1. The van der Waals surface area contributed by atoms with Crippen molar-refractivity contribution in [3.05, 3.63) is 84.4 Å². The van der Waals surface area contributed by atoms with Crippen molar-refractivity contribution in [3.63, 3.8) is 0 Å². The Balaban J connectivity index is 0.00000260. The number of allylic oxidation sites excluding steroid dienone is 4. The van der Waals surface area contributed by atoms with Crippen LogP contribution in [0.3, 0.4) is 0 Å². The fourth-order valence-electron chi connectivity index (χ4n) is 5.78. The molecule has 7 nitrogen and oxygen atoms in total. The number of carbonyl (C=O) groups is 2. The molecule has 3 amide bonds. The number of likely N-dealkylation sites (tertiary alicyclic amines) is 1. The molecule has 0 unspecified atom stereocenters. The van der Waals surface area contributed by atoms with Crippen LogP contribution in [0.1, 0.15) is 47.0 Å². The summed E-state index contributed by atoms with van der Waals surface area (Å²) in [6.45, 7) is 22.2. The van der Waals surface area contributed by atoms with E-state index in [4.69, 9.17) is 9.47 Å². The molecule has 0 saturated carbocycles. The summed E-state index contributed by atoms with van der Waals surface area (Å²) in [7, 11) is 3.31. The van der Waals surface area contributed by atoms with E-state index in [1.54, 1.807) is 38.5 Å². The summed E-state index contributed by atoms with van der Waals surface area (Å²) in [4.78, 5) is 32.7. The molecule has 1 atom stereocenters. The van der Waals surface area contributed by atoms with E-state index in [0.29, 0.717) is 57.0 Å². The van der Waals surface area contributed by atoms with Crippen LogP contribution in [0.25, 0.3) is 0 Å². The molecule has 2 saturated heterocycles. The van der Waals surface area contributed by atoms with Gasteiger partial charge in [0.05, 0.1) is 25.8 Å². The zero-order valence-electron chi connectivity index (χ0n) is 24.8. The number of likely N-dealkylation sites (N-methyl/N-ethyl adjacent to an activating group) is 1. The Labute approximate surface area is 235 Å². The number of fused-ring (bicyclic) bond motifs is 2. The number of hydrogen-bond donors (Lipinski definition) is 0. The summed E-state index contributed by atoms with van der Waals surface area (Å²) in [5.41, 5.74) is 3.29. The van der Waals surface area contributed by atoms with E-state index >= 15 is 0 Å². The molecule has 0 radical (unpaired) electrons. The summed E-state index contributed by atoms with van der Waals surface area (Å²) < 4.78 is 11.0. The zero-order valence-corrected chi connectivity index (χ0v) is 24.8. The number of rotatable bonds is 9. The largest absolute Gasteiger partial charge is 0.497 e. The monoisotopic (exact) mass is 537 g/mol. The molecule has 0 bridgehead atoms. The normalized spacial score (nSPS) is 24.6. The van der Waals surface area contributed by atoms with Crippen LogP contribution in [0.2, 0.25) is 0 Å². The van der Waals surface area contributed by atoms with Crippen LogP contribution in [0, 0.1) is 5.92 Å². The fraction of sp³-hybridized carbons (Fsp3) is 0.500. The average molecular weight is 538 g/mol. The molecule has 0 aromatic carbocycles. The number of carbonyl (C=O) groups excluding carboxylic acids is 2. The maximum absolute atomic E-state index is 13.9. The molecule has 3 rings (SSSR count). The van der Waals surface area contributed by atoms with Crippen molar-refractivity contribution in [1.29, 1.82) is 0 Å². The Morgan fingerprint density at radius 1 is 1.15 bits per heavy atom. The molecular weight excluding hydrogens is 490 g/mol. The number of ether oxygens (including phenoxy) is 2. The Bertz CT molecular complexity index is 1060. The summed E-state index contributed by atoms with van der Waals surface area (Å²) >= 11 is 0. The fourth-order valence-corrected chi connectivity index (χ4v) is 5.78. The van der Waals surface area contributed by atoms with E-state index in [9.17, 15) is 9.59 Å². The summed E-state index contributed by atoms with van der Waals surface area (Å²) in [5, 5.41) is 0. The Morgan fingerprint density at radius 2 is 1.82 bits per heavy atom. The van der Waals surface area contributed by atoms with Crippen LogP contribution in [0.4, 0.5) is 4.79 Å². The maximum atomic E-state index is 13.9. The van der Waals surface area contributed by atoms with E-state index in [0.717, 1.165) is 23.3 Å². The molecule has 3 aliphatic rings. The predicted octanol–water partition coefficient (Wildman–Crippen LogP) is 6.01. The van der Waals surface area contributed by atoms with Crippen LogP contribution in [0.5, 0.6) is 0 Å². The highest BCUT2D eigenvalue weighted by molar-refractivity contribution is 5.96. The van der Waals surface area contributed by atoms with Gasteiger partial charge in [0.1, 0.15) is 5.76 Å². The summed E-state index contributed by atoms with van der Waals surface area (Å²) in [6.07, 6.45) is 13.0. The molecule has 1 spiro atoms. The third kappa shape index (κ3) is 6.64. The Hall–Kier alpha value is -3.32. The van der Waals surface area contributed by atoms with Crippen molar-refractivity contribution in [1.82, 2.24) is 14.7 Å². The third-order valence-corrected chi connectivity index (χ3v) is 7.57. The molecule has 3 heterocycles. The minimum absolute atomic E-state index is 0.00111. The van der Waals surface area contributed by atoms with E-state index in [2.05, 4.69) is 32.7 Å². The van der Waals surface area contributed by atoms with Crippen LogP contribution in [0.15, 0.2) is 84.4 Å². The highest BCUT2D eigenvalue weighted by Crippen LogP contribution is 2.46. The van der Waals surface area contributed by atoms with E-state index in [-0.39, 0.29) is 17.9 Å². The first-order valence-corrected chi connectivity index (χ1v) is 13.9. The lowest BCUT2D eigenvalue weighted by Crippen LogP contribution is -2.54. The second kappa shape index (κ2) is 14.7. The number of methoxy groups -OCH3 is 2. The van der Waals surface area contributed by atoms with Gasteiger partial charge in [-0.2, -0.15) is 0 Å². The number of hydrogen-bond acceptors (Lipinski definition) is 4. The second-order valence-corrected chi connectivity index (χ2v) is 9.75. The van der Waals surface area contributed by atoms with Crippen molar-refractivity contribution < 1.29 is 19.1 Å². The van der Waals surface area contributed by atoms with Crippen LogP contribution >= 0.6 is 0 Å². The van der Waals surface area contributed by atoms with Crippen molar-refractivity contribution in [3.8, 4) is 0 Å². The first-order chi connectivity index (χ1) is 18.8. The molecule has 0 aliphatic carbocycles. The van der Waals surface area contributed by atoms with Gasteiger partial charge in [-0.15, -0.1) is 0 Å². The summed E-state index contributed by atoms with van der Waals surface area (Å²) in [5.74, 6) is 0.795. The quantitative estimate of drug-likeness (QED) is 0.205. The van der Waals surface area contributed by atoms with Gasteiger partial charge in [-0.25, -0.2) is 4.79 Å². The second-order valence-electron chi connectivity index (χ2n) is 9.75. The smallest absolute Gasteiger partial charge is 0.325 e. The summed E-state index contributed by atoms with van der Waals surface area (Å²) in [6, 6.07) is 0.00111. The zero-order chi connectivity index (χ0) is 29.2. The highest BCUT2D eigenvalue weighted by Gasteiger charge is 2.54. The number of urea groups is 1. The van der Waals surface area contributed by atoms with Crippen LogP contribution in [-0.4, -0.2) is 79.2 Å². The highest BCUT2D eigenvalue weighted by atomic mass is 16.5. The molecule has 214 valence electrons. The van der Waals surface area contributed by atoms with Crippen molar-refractivity contribution in [2.75, 3.05) is 47.0 Å². The van der Waals surface area contributed by atoms with Gasteiger partial charge in [0, 0.05) is 38.0 Å². The van der Waals surface area contributed by atoms with Gasteiger partial charge in [0.2, 0.25) is 0 Å². The molecule has 7 heteroatoms. The van der Waals surface area contributed by atoms with E-state index in [1.165, 1.54) is 0 Å². The van der Waals surface area contributed by atoms with Gasteiger partial charge < -0.3 is 19.3 Å². The maximum Gasteiger partial charge on any atom is 0.325 e. The van der Waals surface area contributed by atoms with Crippen molar-refractivity contribution in [2.45, 2.75) is 52.5 Å². The lowest BCUT2D eigenvalue weighted by Gasteiger charge is -2.44. The topological polar surface area (TPSA) is 62.3 Å². The molecule has 3 aliphatic heterocycles. The van der Waals surface area contributed by atoms with Crippen molar-refractivity contribution in [2.24, 2.45) is 5.92 Å². The molecule has 39 heavy (non-hydrogen) atoms. The third-order valence-electron chi connectivity index (χ3n) is 7.57. The van der Waals surface area contributed by atoms with E-state index < -0.39 is 5.54 Å². The van der Waals surface area contributed by atoms with Gasteiger partial charge in [-0.1, -0.05) is 64.8 Å². The molecular formula is C32H47N3O4. The number of piperidine rings is 1. The van der Waals surface area contributed by atoms with Crippen LogP contribution in [-0.2, 0) is 14.3 Å². The predicted molar refractivity (Wildman–Crippen MR) is 159 cm³/mol. The molecule has 0 N–H and O–H groups in total. The van der Waals surface area contributed by atoms with Gasteiger partial charge in [0.25, 0.3) is 5.91 Å². The molecule has 2 fully saturated rings. The molecule has 0 aromatic rings. The lowest BCUT2D eigenvalue weighted by atomic mass is 9.81. The van der Waals surface area contributed by atoms with Gasteiger partial charge in [0.15, 0.2) is 0 Å². The van der Waals surface area contributed by atoms with Crippen molar-refractivity contribution >= 4 is 11.9 Å². The first-order valence-electron chi connectivity index (χ1n) is 13.9. The van der Waals surface area contributed by atoms with Crippen LogP contribution < -0.4 is 0 Å². The minimum Gasteiger partial charge on any atom is -0.497 e.